The molecule has 4 rings (SSSR count). The molecule has 0 bridgehead atoms. The van der Waals surface area contributed by atoms with Gasteiger partial charge in [0.1, 0.15) is 0 Å². The van der Waals surface area contributed by atoms with Crippen LogP contribution in [-0.4, -0.2) is 10.4 Å². The molecule has 1 heterocycles. The second-order valence-corrected chi connectivity index (χ2v) is 17.2. The zero-order valence-electron chi connectivity index (χ0n) is 19.5. The Morgan fingerprint density at radius 1 is 1.00 bits per heavy atom. The fourth-order valence-electron chi connectivity index (χ4n) is 3.42. The summed E-state index contributed by atoms with van der Waals surface area (Å²) < 4.78 is 0. The van der Waals surface area contributed by atoms with Crippen molar-refractivity contribution >= 4 is 16.2 Å². The van der Waals surface area contributed by atoms with E-state index < -0.39 is 0 Å². The molecule has 31 heavy (non-hydrogen) atoms. The predicted molar refractivity (Wildman–Crippen MR) is 125 cm³/mol. The molecule has 0 fully saturated rings. The summed E-state index contributed by atoms with van der Waals surface area (Å²) in [4.78, 5) is 4.19. The summed E-state index contributed by atoms with van der Waals surface area (Å²) in [5.74, 6) is 0.560. The van der Waals surface area contributed by atoms with Gasteiger partial charge >= 0.3 is 41.9 Å². The van der Waals surface area contributed by atoms with E-state index in [-0.39, 0.29) is 30.2 Å². The average molecular weight is 548 g/mol. The van der Waals surface area contributed by atoms with Crippen LogP contribution in [0.25, 0.3) is 21.9 Å². The maximum atomic E-state index is 4.19. The van der Waals surface area contributed by atoms with Crippen LogP contribution in [0.2, 0.25) is 13.1 Å². The molecule has 3 aromatic rings. The van der Waals surface area contributed by atoms with Crippen LogP contribution in [0.3, 0.4) is 0 Å². The van der Waals surface area contributed by atoms with E-state index in [0.29, 0.717) is 5.92 Å². The number of aryl methyl sites for hydroxylation is 1. The number of benzene rings is 1. The fraction of sp³-hybridized carbons (Fsp3) is 0.308. The Labute approximate surface area is 216 Å². The van der Waals surface area contributed by atoms with E-state index in [1.807, 2.05) is 18.5 Å². The Bertz CT molecular complexity index is 1050. The number of rotatable bonds is 1. The first-order valence-electron chi connectivity index (χ1n) is 10.1. The molecule has 0 N–H and O–H groups in total. The Kier molecular flexibility index (Phi) is 13.9. The Morgan fingerprint density at radius 3 is 2.06 bits per heavy atom. The van der Waals surface area contributed by atoms with Crippen molar-refractivity contribution < 1.29 is 48.1 Å². The number of hydrogen-bond acceptors (Lipinski definition) is 1. The number of nitrogens with zero attached hydrogens (tertiary/aromatic N) is 1. The van der Waals surface area contributed by atoms with Crippen LogP contribution in [0.5, 0.6) is 0 Å². The second kappa shape index (κ2) is 14.3. The summed E-state index contributed by atoms with van der Waals surface area (Å²) in [6, 6.07) is 14.8. The largest absolute Gasteiger partial charge is 1.00 e. The van der Waals surface area contributed by atoms with Crippen LogP contribution in [0.15, 0.2) is 71.6 Å². The number of pyridine rings is 1. The summed E-state index contributed by atoms with van der Waals surface area (Å²) in [5, 5.41) is 2.62. The zero-order chi connectivity index (χ0) is 21.6. The van der Waals surface area contributed by atoms with Crippen LogP contribution < -0.4 is 24.8 Å². The van der Waals surface area contributed by atoms with Crippen LogP contribution in [0.4, 0.5) is 0 Å². The van der Waals surface area contributed by atoms with Gasteiger partial charge in [0.2, 0.25) is 0 Å². The molecule has 0 spiro atoms. The maximum absolute atomic E-state index is 4.19. The van der Waals surface area contributed by atoms with Crippen LogP contribution in [0, 0.1) is 18.9 Å². The molecule has 0 amide bonds. The van der Waals surface area contributed by atoms with Crippen molar-refractivity contribution in [2.24, 2.45) is 5.92 Å². The summed E-state index contributed by atoms with van der Waals surface area (Å²) in [6.45, 7) is 15.4. The van der Waals surface area contributed by atoms with Crippen LogP contribution in [0.1, 0.15) is 33.3 Å². The molecule has 1 unspecified atom stereocenters. The quantitative estimate of drug-likeness (QED) is 0.332. The number of hydrogen-bond donors (Lipinski definition) is 0. The van der Waals surface area contributed by atoms with Crippen LogP contribution in [-0.2, 0) is 23.3 Å². The molecule has 1 aromatic heterocycles. The third-order valence-electron chi connectivity index (χ3n) is 5.18. The molecule has 5 heteroatoms. The van der Waals surface area contributed by atoms with Gasteiger partial charge in [0.15, 0.2) is 0 Å². The van der Waals surface area contributed by atoms with E-state index in [1.54, 1.807) is 23.3 Å². The molecule has 1 nitrogen and oxygen atoms in total. The zero-order valence-corrected chi connectivity index (χ0v) is 24.4. The Balaban J connectivity index is 0.000000516. The van der Waals surface area contributed by atoms with Gasteiger partial charge in [0.25, 0.3) is 0 Å². The van der Waals surface area contributed by atoms with Crippen molar-refractivity contribution in [3.05, 3.63) is 83.2 Å². The number of allylic oxidation sites excluding steroid dienone is 4. The van der Waals surface area contributed by atoms with E-state index >= 15 is 0 Å². The van der Waals surface area contributed by atoms with Gasteiger partial charge in [-0.05, 0) is 11.6 Å². The average Bonchev–Trinajstić information content (AvgIpc) is 3.13. The topological polar surface area (TPSA) is 12.9 Å². The van der Waals surface area contributed by atoms with Crippen molar-refractivity contribution in [3.63, 3.8) is 0 Å². The van der Waals surface area contributed by atoms with Gasteiger partial charge in [-0.25, -0.2) is 5.57 Å². The minimum absolute atomic E-state index is 0. The second-order valence-electron chi connectivity index (χ2n) is 7.83. The van der Waals surface area contributed by atoms with Crippen molar-refractivity contribution in [1.82, 2.24) is 4.98 Å². The van der Waals surface area contributed by atoms with Crippen LogP contribution >= 0.6 is 0 Å². The molecule has 0 radical (unpaired) electrons. The molecule has 0 aliphatic heterocycles. The molecule has 0 saturated carbocycles. The fourth-order valence-corrected chi connectivity index (χ4v) is 3.42. The van der Waals surface area contributed by atoms with E-state index in [4.69, 9.17) is 0 Å². The SMILES string of the molecule is CC1=[C-]C(C)C(C)=C1C.C[Si](C)=[Zr+2].Cc1[cH-]c2ccccc2c1-c1cccnc1.[Cl-].[Cl-]. The van der Waals surface area contributed by atoms with Gasteiger partial charge in [-0.1, -0.05) is 45.7 Å². The van der Waals surface area contributed by atoms with Gasteiger partial charge in [0.05, 0.1) is 0 Å². The molecule has 1 aliphatic rings. The van der Waals surface area contributed by atoms with E-state index in [1.165, 1.54) is 44.2 Å². The first-order valence-corrected chi connectivity index (χ1v) is 16.3. The normalized spacial score (nSPS) is 14.4. The first-order chi connectivity index (χ1) is 13.7. The van der Waals surface area contributed by atoms with E-state index in [9.17, 15) is 0 Å². The minimum Gasteiger partial charge on any atom is -1.00 e. The molecule has 0 saturated heterocycles. The Morgan fingerprint density at radius 2 is 1.61 bits per heavy atom. The first kappa shape index (κ1) is 30.1. The van der Waals surface area contributed by atoms with Crippen molar-refractivity contribution in [3.8, 4) is 11.1 Å². The molecular weight excluding hydrogens is 517 g/mol. The van der Waals surface area contributed by atoms with Crippen molar-refractivity contribution in [2.45, 2.75) is 47.7 Å². The Hall–Kier alpha value is -0.860. The van der Waals surface area contributed by atoms with Gasteiger partial charge in [-0.3, -0.25) is 11.1 Å². The van der Waals surface area contributed by atoms with Crippen molar-refractivity contribution in [2.75, 3.05) is 0 Å². The molecule has 164 valence electrons. The van der Waals surface area contributed by atoms with E-state index in [2.05, 4.69) is 95.2 Å². The summed E-state index contributed by atoms with van der Waals surface area (Å²) in [7, 11) is 0. The van der Waals surface area contributed by atoms with Gasteiger partial charge in [-0.2, -0.15) is 11.1 Å². The van der Waals surface area contributed by atoms with Gasteiger partial charge in [0, 0.05) is 12.4 Å². The number of fused-ring (bicyclic) bond motifs is 1. The third-order valence-corrected chi connectivity index (χ3v) is 5.18. The summed E-state index contributed by atoms with van der Waals surface area (Å²) in [5.41, 5.74) is 8.27. The molecule has 1 aliphatic carbocycles. The molecule has 2 aromatic carbocycles. The number of halogens is 2. The summed E-state index contributed by atoms with van der Waals surface area (Å²) >= 11 is 1.74. The van der Waals surface area contributed by atoms with Gasteiger partial charge in [-0.15, -0.1) is 53.1 Å². The predicted octanol–water partition coefficient (Wildman–Crippen LogP) is 1.44. The van der Waals surface area contributed by atoms with E-state index in [0.717, 1.165) is 0 Å². The molecular formula is C26H31Cl2NSiZr-2. The standard InChI is InChI=1S/C15H12N.C9H13.C2H6Si.2ClH.Zr/c1-11-9-12-5-2-3-7-14(12)15(11)13-6-4-8-16-10-13;1-6-5-7(2)9(4)8(6)3;1-3-2;;;/h2-10H,1H3;6H,1-4H3;1-2H3;2*1H;/q2*-1;;;;+2/p-2. The van der Waals surface area contributed by atoms with Crippen molar-refractivity contribution in [1.29, 1.82) is 0 Å². The third kappa shape index (κ3) is 8.54. The smallest absolute Gasteiger partial charge is 0.0267 e. The number of aromatic nitrogens is 1. The maximum Gasteiger partial charge on any atom is 0.0267 e. The van der Waals surface area contributed by atoms with Gasteiger partial charge < -0.3 is 24.8 Å². The summed E-state index contributed by atoms with van der Waals surface area (Å²) in [6.07, 6.45) is 7.09. The monoisotopic (exact) mass is 545 g/mol. The minimum atomic E-state index is 0. The molecule has 1 atom stereocenters.